The SMILES string of the molecule is C[C@H](C#N)Nc1cc(-n2ncc3cc(C#N)cnc32)ncc1-c1cc(C2CCC(CCO)CC2)no1. The molecule has 4 aromatic rings. The zero-order chi connectivity index (χ0) is 25.1. The number of aliphatic hydroxyl groups is 1. The first-order chi connectivity index (χ1) is 17.6. The van der Waals surface area contributed by atoms with E-state index in [1.54, 1.807) is 36.1 Å². The second-order valence-corrected chi connectivity index (χ2v) is 9.23. The molecule has 182 valence electrons. The Bertz CT molecular complexity index is 1450. The first-order valence-corrected chi connectivity index (χ1v) is 12.1. The molecule has 0 aliphatic heterocycles. The van der Waals surface area contributed by atoms with Crippen LogP contribution in [0.4, 0.5) is 5.69 Å². The zero-order valence-corrected chi connectivity index (χ0v) is 19.9. The Balaban J connectivity index is 1.46. The van der Waals surface area contributed by atoms with Gasteiger partial charge in [-0.3, -0.25) is 0 Å². The van der Waals surface area contributed by atoms with Gasteiger partial charge in [0.05, 0.1) is 34.8 Å². The lowest BCUT2D eigenvalue weighted by atomic mass is 9.79. The van der Waals surface area contributed by atoms with E-state index < -0.39 is 6.04 Å². The summed E-state index contributed by atoms with van der Waals surface area (Å²) in [4.78, 5) is 8.97. The minimum atomic E-state index is -0.450. The molecule has 1 aliphatic rings. The number of aromatic nitrogens is 5. The monoisotopic (exact) mass is 482 g/mol. The zero-order valence-electron chi connectivity index (χ0n) is 19.9. The van der Waals surface area contributed by atoms with Crippen LogP contribution in [0, 0.1) is 28.6 Å². The van der Waals surface area contributed by atoms with E-state index >= 15 is 0 Å². The van der Waals surface area contributed by atoms with Crippen molar-refractivity contribution in [1.82, 2.24) is 24.9 Å². The smallest absolute Gasteiger partial charge is 0.170 e. The number of aliphatic hydroxyl groups excluding tert-OH is 1. The third kappa shape index (κ3) is 4.64. The number of fused-ring (bicyclic) bond motifs is 1. The van der Waals surface area contributed by atoms with Crippen molar-refractivity contribution in [2.45, 2.75) is 51.0 Å². The summed E-state index contributed by atoms with van der Waals surface area (Å²) in [6.07, 6.45) is 9.90. The van der Waals surface area contributed by atoms with Crippen LogP contribution in [0.1, 0.15) is 56.2 Å². The van der Waals surface area contributed by atoms with Crippen LogP contribution in [-0.2, 0) is 0 Å². The van der Waals surface area contributed by atoms with E-state index in [0.717, 1.165) is 43.2 Å². The van der Waals surface area contributed by atoms with Gasteiger partial charge < -0.3 is 14.9 Å². The van der Waals surface area contributed by atoms with Crippen LogP contribution in [0.25, 0.3) is 28.2 Å². The molecule has 0 amide bonds. The highest BCUT2D eigenvalue weighted by Crippen LogP contribution is 2.38. The molecule has 36 heavy (non-hydrogen) atoms. The lowest BCUT2D eigenvalue weighted by Crippen LogP contribution is -2.14. The molecule has 5 rings (SSSR count). The van der Waals surface area contributed by atoms with Crippen molar-refractivity contribution < 1.29 is 9.63 Å². The molecule has 1 atom stereocenters. The molecule has 0 saturated heterocycles. The summed E-state index contributed by atoms with van der Waals surface area (Å²) < 4.78 is 7.34. The van der Waals surface area contributed by atoms with Gasteiger partial charge in [-0.1, -0.05) is 5.16 Å². The predicted molar refractivity (Wildman–Crippen MR) is 132 cm³/mol. The van der Waals surface area contributed by atoms with Crippen LogP contribution in [0.2, 0.25) is 0 Å². The number of pyridine rings is 2. The molecule has 10 nitrogen and oxygen atoms in total. The van der Waals surface area contributed by atoms with Crippen LogP contribution in [0.15, 0.2) is 41.3 Å². The van der Waals surface area contributed by atoms with Crippen LogP contribution >= 0.6 is 0 Å². The molecule has 2 N–H and O–H groups in total. The molecule has 0 unspecified atom stereocenters. The highest BCUT2D eigenvalue weighted by atomic mass is 16.5. The average molecular weight is 483 g/mol. The maximum atomic E-state index is 9.40. The molecular formula is C26H26N8O2. The number of hydrogen-bond acceptors (Lipinski definition) is 9. The second kappa shape index (κ2) is 10.1. The maximum Gasteiger partial charge on any atom is 0.170 e. The summed E-state index contributed by atoms with van der Waals surface area (Å²) in [5, 5.41) is 40.5. The molecule has 0 radical (unpaired) electrons. The van der Waals surface area contributed by atoms with Crippen molar-refractivity contribution in [1.29, 1.82) is 10.5 Å². The van der Waals surface area contributed by atoms with Crippen molar-refractivity contribution in [2.75, 3.05) is 11.9 Å². The fraction of sp³-hybridized carbons (Fsp3) is 0.385. The number of anilines is 1. The fourth-order valence-electron chi connectivity index (χ4n) is 4.83. The summed E-state index contributed by atoms with van der Waals surface area (Å²) in [7, 11) is 0. The van der Waals surface area contributed by atoms with Gasteiger partial charge in [0.25, 0.3) is 0 Å². The lowest BCUT2D eigenvalue weighted by molar-refractivity contribution is 0.220. The Morgan fingerprint density at radius 2 is 1.97 bits per heavy atom. The molecule has 4 aromatic heterocycles. The Kier molecular flexibility index (Phi) is 6.61. The third-order valence-corrected chi connectivity index (χ3v) is 6.81. The minimum Gasteiger partial charge on any atom is -0.396 e. The summed E-state index contributed by atoms with van der Waals surface area (Å²) in [5.74, 6) is 2.01. The highest BCUT2D eigenvalue weighted by molar-refractivity contribution is 5.79. The summed E-state index contributed by atoms with van der Waals surface area (Å²) in [6.45, 7) is 2.02. The first-order valence-electron chi connectivity index (χ1n) is 12.1. The molecular weight excluding hydrogens is 456 g/mol. The van der Waals surface area contributed by atoms with E-state index in [1.807, 2.05) is 6.07 Å². The van der Waals surface area contributed by atoms with E-state index in [-0.39, 0.29) is 6.61 Å². The largest absolute Gasteiger partial charge is 0.396 e. The Morgan fingerprint density at radius 1 is 1.14 bits per heavy atom. The first kappa shape index (κ1) is 23.5. The average Bonchev–Trinajstić information content (AvgIpc) is 3.56. The topological polar surface area (TPSA) is 149 Å². The molecule has 1 fully saturated rings. The van der Waals surface area contributed by atoms with Crippen molar-refractivity contribution >= 4 is 16.7 Å². The van der Waals surface area contributed by atoms with Crippen LogP contribution in [0.5, 0.6) is 0 Å². The van der Waals surface area contributed by atoms with Gasteiger partial charge in [-0.05, 0) is 51.0 Å². The third-order valence-electron chi connectivity index (χ3n) is 6.81. The Morgan fingerprint density at radius 3 is 2.72 bits per heavy atom. The maximum absolute atomic E-state index is 9.40. The minimum absolute atomic E-state index is 0.245. The number of nitrogens with one attached hydrogen (secondary N) is 1. The molecule has 4 heterocycles. The van der Waals surface area contributed by atoms with E-state index in [2.05, 4.69) is 37.7 Å². The quantitative estimate of drug-likeness (QED) is 0.392. The van der Waals surface area contributed by atoms with Gasteiger partial charge in [0.1, 0.15) is 12.1 Å². The van der Waals surface area contributed by atoms with Crippen molar-refractivity contribution in [3.8, 4) is 29.3 Å². The van der Waals surface area contributed by atoms with E-state index in [9.17, 15) is 10.4 Å². The number of nitrogens with zero attached hydrogens (tertiary/aromatic N) is 7. The van der Waals surface area contributed by atoms with Crippen molar-refractivity contribution in [3.05, 3.63) is 48.0 Å². The molecule has 0 spiro atoms. The highest BCUT2D eigenvalue weighted by Gasteiger charge is 2.25. The normalized spacial score (nSPS) is 18.4. The predicted octanol–water partition coefficient (Wildman–Crippen LogP) is 4.32. The van der Waals surface area contributed by atoms with Crippen LogP contribution in [0.3, 0.4) is 0 Å². The van der Waals surface area contributed by atoms with Gasteiger partial charge in [-0.15, -0.1) is 0 Å². The van der Waals surface area contributed by atoms with Gasteiger partial charge in [-0.2, -0.15) is 20.3 Å². The van der Waals surface area contributed by atoms with Crippen molar-refractivity contribution in [2.24, 2.45) is 5.92 Å². The van der Waals surface area contributed by atoms with Crippen molar-refractivity contribution in [3.63, 3.8) is 0 Å². The van der Waals surface area contributed by atoms with Crippen LogP contribution < -0.4 is 5.32 Å². The summed E-state index contributed by atoms with van der Waals surface area (Å²) in [5.41, 5.74) is 3.32. The second-order valence-electron chi connectivity index (χ2n) is 9.23. The fourth-order valence-corrected chi connectivity index (χ4v) is 4.83. The van der Waals surface area contributed by atoms with E-state index in [1.165, 1.54) is 6.20 Å². The van der Waals surface area contributed by atoms with Crippen LogP contribution in [-0.4, -0.2) is 42.7 Å². The summed E-state index contributed by atoms with van der Waals surface area (Å²) >= 11 is 0. The molecule has 1 saturated carbocycles. The number of rotatable bonds is 7. The number of hydrogen-bond donors (Lipinski definition) is 2. The molecule has 10 heteroatoms. The molecule has 0 aromatic carbocycles. The Labute approximate surface area is 208 Å². The standard InChI is InChI=1S/C26H26N8O2/c1-16(11-27)32-23-10-25(34-26-20(14-31-34)8-18(12-28)13-30-26)29-15-21(23)24-9-22(33-36-24)19-4-2-17(3-5-19)6-7-35/h8-10,13-17,19,35H,2-7H2,1H3,(H,29,32)/t16-,17?,19?/m1/s1. The van der Waals surface area contributed by atoms with Gasteiger partial charge in [0.15, 0.2) is 17.2 Å². The van der Waals surface area contributed by atoms with E-state index in [0.29, 0.717) is 45.9 Å². The van der Waals surface area contributed by atoms with Gasteiger partial charge in [0.2, 0.25) is 0 Å². The van der Waals surface area contributed by atoms with Gasteiger partial charge >= 0.3 is 0 Å². The Hall–Kier alpha value is -4.28. The summed E-state index contributed by atoms with van der Waals surface area (Å²) in [6, 6.07) is 9.32. The van der Waals surface area contributed by atoms with Gasteiger partial charge in [0, 0.05) is 42.4 Å². The molecule has 1 aliphatic carbocycles. The molecule has 0 bridgehead atoms. The lowest BCUT2D eigenvalue weighted by Gasteiger charge is -2.26. The van der Waals surface area contributed by atoms with E-state index in [4.69, 9.17) is 9.78 Å². The van der Waals surface area contributed by atoms with Gasteiger partial charge in [-0.25, -0.2) is 9.97 Å². The number of nitriles is 2.